The smallest absolute Gasteiger partial charge is 0.251 e. The van der Waals surface area contributed by atoms with Crippen LogP contribution in [0.3, 0.4) is 0 Å². The first kappa shape index (κ1) is 14.8. The minimum atomic E-state index is -3.41. The fourth-order valence-corrected chi connectivity index (χ4v) is 2.75. The molecule has 0 bridgehead atoms. The van der Waals surface area contributed by atoms with E-state index in [0.29, 0.717) is 23.6 Å². The van der Waals surface area contributed by atoms with Gasteiger partial charge in [0.2, 0.25) is 10.0 Å². The summed E-state index contributed by atoms with van der Waals surface area (Å²) in [5.74, 6) is -0.0170. The Morgan fingerprint density at radius 3 is 2.72 bits per heavy atom. The molecule has 0 saturated heterocycles. The first-order chi connectivity index (χ1) is 8.48. The van der Waals surface area contributed by atoms with Gasteiger partial charge in [-0.2, -0.15) is 0 Å². The van der Waals surface area contributed by atoms with Crippen LogP contribution in [0.15, 0.2) is 24.3 Å². The Morgan fingerprint density at radius 1 is 1.39 bits per heavy atom. The van der Waals surface area contributed by atoms with E-state index in [9.17, 15) is 13.2 Å². The summed E-state index contributed by atoms with van der Waals surface area (Å²) in [4.78, 5) is 11.4. The summed E-state index contributed by atoms with van der Waals surface area (Å²) < 4.78 is 25.7. The Bertz CT molecular complexity index is 517. The lowest BCUT2D eigenvalue weighted by molar-refractivity contribution is 0.0963. The minimum absolute atomic E-state index is 0.0410. The molecule has 100 valence electrons. The number of alkyl halides is 1. The molecule has 0 aliphatic heterocycles. The lowest BCUT2D eigenvalue weighted by Crippen LogP contribution is -2.19. The van der Waals surface area contributed by atoms with Crippen LogP contribution in [0.25, 0.3) is 0 Å². The van der Waals surface area contributed by atoms with E-state index in [4.69, 9.17) is 11.6 Å². The second-order valence-electron chi connectivity index (χ2n) is 3.62. The van der Waals surface area contributed by atoms with Crippen molar-refractivity contribution < 1.29 is 13.2 Å². The van der Waals surface area contributed by atoms with Gasteiger partial charge in [-0.3, -0.25) is 9.52 Å². The summed E-state index contributed by atoms with van der Waals surface area (Å²) >= 11 is 5.45. The van der Waals surface area contributed by atoms with Gasteiger partial charge in [0.15, 0.2) is 0 Å². The zero-order valence-electron chi connectivity index (χ0n) is 9.94. The average molecular weight is 291 g/mol. The van der Waals surface area contributed by atoms with Crippen LogP contribution in [0.1, 0.15) is 16.8 Å². The van der Waals surface area contributed by atoms with E-state index in [1.807, 2.05) is 0 Å². The molecule has 2 N–H and O–H groups in total. The molecule has 0 atom stereocenters. The zero-order chi connectivity index (χ0) is 13.6. The van der Waals surface area contributed by atoms with Crippen molar-refractivity contribution in [2.75, 3.05) is 23.4 Å². The molecule has 5 nitrogen and oxygen atoms in total. The van der Waals surface area contributed by atoms with Gasteiger partial charge < -0.3 is 5.32 Å². The summed E-state index contributed by atoms with van der Waals surface area (Å²) in [5.41, 5.74) is 0.765. The van der Waals surface area contributed by atoms with Gasteiger partial charge in [0.1, 0.15) is 0 Å². The van der Waals surface area contributed by atoms with E-state index in [0.717, 1.165) is 0 Å². The van der Waals surface area contributed by atoms with Crippen molar-refractivity contribution in [3.63, 3.8) is 0 Å². The Kier molecular flexibility index (Phi) is 5.43. The molecule has 0 aromatic heterocycles. The van der Waals surface area contributed by atoms with E-state index in [2.05, 4.69) is 10.0 Å². The van der Waals surface area contributed by atoms with Gasteiger partial charge in [0, 0.05) is 24.2 Å². The van der Waals surface area contributed by atoms with Crippen molar-refractivity contribution in [1.82, 2.24) is 5.32 Å². The number of amides is 1. The molecular weight excluding hydrogens is 276 g/mol. The summed E-state index contributed by atoms with van der Waals surface area (Å²) in [5, 5.41) is 2.47. The molecule has 0 aliphatic carbocycles. The molecule has 0 heterocycles. The van der Waals surface area contributed by atoms with Crippen molar-refractivity contribution in [2.24, 2.45) is 0 Å². The van der Waals surface area contributed by atoms with Crippen molar-refractivity contribution in [2.45, 2.75) is 6.42 Å². The number of sulfonamides is 1. The highest BCUT2D eigenvalue weighted by Crippen LogP contribution is 2.13. The van der Waals surface area contributed by atoms with Crippen LogP contribution < -0.4 is 10.0 Å². The predicted octanol–water partition coefficient (Wildman–Crippen LogP) is 1.42. The molecule has 7 heteroatoms. The molecule has 0 unspecified atom stereocenters. The van der Waals surface area contributed by atoms with Crippen molar-refractivity contribution in [3.8, 4) is 0 Å². The van der Waals surface area contributed by atoms with Crippen LogP contribution in [0.4, 0.5) is 5.69 Å². The maximum atomic E-state index is 11.6. The maximum absolute atomic E-state index is 11.6. The molecule has 0 aliphatic rings. The SMILES string of the molecule is CNC(=O)c1cccc(NS(=O)(=O)CCCCl)c1. The number of hydrogen-bond acceptors (Lipinski definition) is 3. The number of nitrogens with one attached hydrogen (secondary N) is 2. The third kappa shape index (κ3) is 4.54. The van der Waals surface area contributed by atoms with E-state index >= 15 is 0 Å². The second kappa shape index (κ2) is 6.61. The van der Waals surface area contributed by atoms with Crippen LogP contribution in [-0.4, -0.2) is 33.0 Å². The van der Waals surface area contributed by atoms with Crippen LogP contribution in [0.5, 0.6) is 0 Å². The van der Waals surface area contributed by atoms with Gasteiger partial charge in [0.25, 0.3) is 5.91 Å². The summed E-state index contributed by atoms with van der Waals surface area (Å²) in [6.07, 6.45) is 0.381. The molecule has 1 amide bonds. The summed E-state index contributed by atoms with van der Waals surface area (Å²) in [7, 11) is -1.90. The fourth-order valence-electron chi connectivity index (χ4n) is 1.34. The molecular formula is C11H15ClN2O3S. The summed E-state index contributed by atoms with van der Waals surface area (Å²) in [6, 6.07) is 6.29. The van der Waals surface area contributed by atoms with Crippen LogP contribution >= 0.6 is 11.6 Å². The number of benzene rings is 1. The topological polar surface area (TPSA) is 75.3 Å². The zero-order valence-corrected chi connectivity index (χ0v) is 11.5. The lowest BCUT2D eigenvalue weighted by atomic mass is 10.2. The quantitative estimate of drug-likeness (QED) is 0.778. The Balaban J connectivity index is 2.82. The van der Waals surface area contributed by atoms with Crippen LogP contribution in [0, 0.1) is 0 Å². The van der Waals surface area contributed by atoms with Gasteiger partial charge in [-0.1, -0.05) is 6.07 Å². The highest BCUT2D eigenvalue weighted by Gasteiger charge is 2.11. The second-order valence-corrected chi connectivity index (χ2v) is 5.84. The summed E-state index contributed by atoms with van der Waals surface area (Å²) in [6.45, 7) is 0. The monoisotopic (exact) mass is 290 g/mol. The van der Waals surface area contributed by atoms with E-state index in [1.54, 1.807) is 18.2 Å². The fraction of sp³-hybridized carbons (Fsp3) is 0.364. The molecule has 0 saturated carbocycles. The van der Waals surface area contributed by atoms with E-state index in [-0.39, 0.29) is 11.7 Å². The predicted molar refractivity (Wildman–Crippen MR) is 72.6 cm³/mol. The highest BCUT2D eigenvalue weighted by atomic mass is 35.5. The molecule has 1 aromatic carbocycles. The van der Waals surface area contributed by atoms with Gasteiger partial charge in [0.05, 0.1) is 5.75 Å². The minimum Gasteiger partial charge on any atom is -0.355 e. The third-order valence-corrected chi connectivity index (χ3v) is 3.81. The standard InChI is InChI=1S/C11H15ClN2O3S/c1-13-11(15)9-4-2-5-10(8-9)14-18(16,17)7-3-6-12/h2,4-5,8,14H,3,6-7H2,1H3,(H,13,15). The van der Waals surface area contributed by atoms with Crippen molar-refractivity contribution in [3.05, 3.63) is 29.8 Å². The highest BCUT2D eigenvalue weighted by molar-refractivity contribution is 7.92. The first-order valence-corrected chi connectivity index (χ1v) is 7.56. The lowest BCUT2D eigenvalue weighted by Gasteiger charge is -2.08. The molecule has 0 fully saturated rings. The molecule has 0 spiro atoms. The first-order valence-electron chi connectivity index (χ1n) is 5.37. The number of carbonyl (C=O) groups is 1. The number of hydrogen-bond donors (Lipinski definition) is 2. The van der Waals surface area contributed by atoms with Crippen molar-refractivity contribution in [1.29, 1.82) is 0 Å². The average Bonchev–Trinajstić information content (AvgIpc) is 2.35. The van der Waals surface area contributed by atoms with E-state index in [1.165, 1.54) is 13.1 Å². The molecule has 18 heavy (non-hydrogen) atoms. The van der Waals surface area contributed by atoms with Crippen molar-refractivity contribution >= 4 is 33.2 Å². The van der Waals surface area contributed by atoms with E-state index < -0.39 is 10.0 Å². The van der Waals surface area contributed by atoms with Gasteiger partial charge in [-0.25, -0.2) is 8.42 Å². The number of carbonyl (C=O) groups excluding carboxylic acids is 1. The third-order valence-electron chi connectivity index (χ3n) is 2.17. The van der Waals surface area contributed by atoms with Gasteiger partial charge in [-0.05, 0) is 24.6 Å². The van der Waals surface area contributed by atoms with Gasteiger partial charge in [-0.15, -0.1) is 11.6 Å². The Hall–Kier alpha value is -1.27. The number of halogens is 1. The van der Waals surface area contributed by atoms with Crippen LogP contribution in [-0.2, 0) is 10.0 Å². The largest absolute Gasteiger partial charge is 0.355 e. The molecule has 0 radical (unpaired) electrons. The molecule has 1 aromatic rings. The van der Waals surface area contributed by atoms with Crippen LogP contribution in [0.2, 0.25) is 0 Å². The van der Waals surface area contributed by atoms with Gasteiger partial charge >= 0.3 is 0 Å². The number of rotatable bonds is 6. The normalized spacial score (nSPS) is 11.0. The Labute approximate surface area is 112 Å². The Morgan fingerprint density at radius 2 is 2.11 bits per heavy atom. The maximum Gasteiger partial charge on any atom is 0.251 e. The number of anilines is 1. The molecule has 1 rings (SSSR count).